The monoisotopic (exact) mass is 339 g/mol. The lowest BCUT2D eigenvalue weighted by Gasteiger charge is -2.06. The number of carbonyl (C=O) groups excluding carboxylic acids is 1. The summed E-state index contributed by atoms with van der Waals surface area (Å²) in [6.45, 7) is 0.521. The quantitative estimate of drug-likeness (QED) is 0.503. The Morgan fingerprint density at radius 1 is 1.53 bits per heavy atom. The van der Waals surface area contributed by atoms with Gasteiger partial charge in [-0.1, -0.05) is 0 Å². The molecule has 1 aromatic rings. The molecule has 2 N–H and O–H groups in total. The maximum absolute atomic E-state index is 11.6. The molecular formula is C10H11ClINO2. The highest BCUT2D eigenvalue weighted by Gasteiger charge is 2.10. The van der Waals surface area contributed by atoms with E-state index in [1.165, 1.54) is 6.07 Å². The molecule has 0 fully saturated rings. The van der Waals surface area contributed by atoms with Crippen molar-refractivity contribution in [2.75, 3.05) is 12.4 Å². The summed E-state index contributed by atoms with van der Waals surface area (Å²) in [5, 5.41) is 12.2. The minimum absolute atomic E-state index is 0.00112. The van der Waals surface area contributed by atoms with Crippen LogP contribution in [0.1, 0.15) is 16.8 Å². The maximum atomic E-state index is 11.6. The van der Waals surface area contributed by atoms with Gasteiger partial charge in [0.25, 0.3) is 5.91 Å². The van der Waals surface area contributed by atoms with Gasteiger partial charge in [-0.3, -0.25) is 4.79 Å². The van der Waals surface area contributed by atoms with E-state index in [1.807, 2.05) is 0 Å². The first kappa shape index (κ1) is 12.6. The average Bonchev–Trinajstić information content (AvgIpc) is 2.22. The number of alkyl halides is 1. The van der Waals surface area contributed by atoms with E-state index < -0.39 is 0 Å². The van der Waals surface area contributed by atoms with Crippen molar-refractivity contribution in [2.24, 2.45) is 0 Å². The normalized spacial score (nSPS) is 10.0. The van der Waals surface area contributed by atoms with Crippen LogP contribution in [0.15, 0.2) is 18.2 Å². The number of rotatable bonds is 4. The molecule has 0 heterocycles. The number of halogens is 2. The number of phenols is 1. The third kappa shape index (κ3) is 3.87. The zero-order valence-electron chi connectivity index (χ0n) is 7.96. The maximum Gasteiger partial charge on any atom is 0.255 e. The number of benzene rings is 1. The van der Waals surface area contributed by atoms with Crippen molar-refractivity contribution < 1.29 is 9.90 Å². The van der Waals surface area contributed by atoms with Crippen molar-refractivity contribution in [2.45, 2.75) is 6.42 Å². The molecule has 5 heteroatoms. The van der Waals surface area contributed by atoms with E-state index in [4.69, 9.17) is 11.6 Å². The van der Waals surface area contributed by atoms with Crippen molar-refractivity contribution in [3.05, 3.63) is 27.3 Å². The fourth-order valence-electron chi connectivity index (χ4n) is 1.05. The van der Waals surface area contributed by atoms with Crippen molar-refractivity contribution in [1.29, 1.82) is 0 Å². The standard InChI is InChI=1S/C10H11ClINO2/c11-4-1-5-13-10(15)8-6-7(12)2-3-9(8)14/h2-3,6,14H,1,4-5H2,(H,13,15). The Hall–Kier alpha value is -0.490. The first-order chi connectivity index (χ1) is 7.15. The highest BCUT2D eigenvalue weighted by Crippen LogP contribution is 2.19. The molecule has 0 atom stereocenters. The van der Waals surface area contributed by atoms with Crippen LogP contribution < -0.4 is 5.32 Å². The summed E-state index contributed by atoms with van der Waals surface area (Å²) in [5.74, 6) is 0.244. The van der Waals surface area contributed by atoms with Crippen molar-refractivity contribution in [3.8, 4) is 5.75 Å². The summed E-state index contributed by atoms with van der Waals surface area (Å²) in [6, 6.07) is 4.90. The largest absolute Gasteiger partial charge is 0.507 e. The van der Waals surface area contributed by atoms with Gasteiger partial charge in [-0.2, -0.15) is 0 Å². The molecule has 1 rings (SSSR count). The Kier molecular flexibility index (Phi) is 5.17. The van der Waals surface area contributed by atoms with Gasteiger partial charge >= 0.3 is 0 Å². The summed E-state index contributed by atoms with van der Waals surface area (Å²) in [4.78, 5) is 11.6. The SMILES string of the molecule is O=C(NCCCCl)c1cc(I)ccc1O. The number of hydrogen-bond donors (Lipinski definition) is 2. The number of phenolic OH excluding ortho intramolecular Hbond substituents is 1. The van der Waals surface area contributed by atoms with Gasteiger partial charge in [0.1, 0.15) is 5.75 Å². The zero-order valence-corrected chi connectivity index (χ0v) is 10.9. The van der Waals surface area contributed by atoms with Gasteiger partial charge in [-0.05, 0) is 47.2 Å². The predicted octanol–water partition coefficient (Wildman–Crippen LogP) is 2.36. The molecule has 0 aliphatic rings. The van der Waals surface area contributed by atoms with Crippen LogP contribution >= 0.6 is 34.2 Å². The van der Waals surface area contributed by atoms with E-state index in [-0.39, 0.29) is 11.7 Å². The van der Waals surface area contributed by atoms with E-state index in [1.54, 1.807) is 12.1 Å². The first-order valence-electron chi connectivity index (χ1n) is 4.48. The van der Waals surface area contributed by atoms with Gasteiger partial charge in [0, 0.05) is 16.0 Å². The van der Waals surface area contributed by atoms with Gasteiger partial charge in [-0.25, -0.2) is 0 Å². The molecule has 0 bridgehead atoms. The fourth-order valence-corrected chi connectivity index (χ4v) is 1.68. The molecule has 82 valence electrons. The molecular weight excluding hydrogens is 328 g/mol. The van der Waals surface area contributed by atoms with Crippen LogP contribution in [0.25, 0.3) is 0 Å². The molecule has 0 aliphatic carbocycles. The van der Waals surface area contributed by atoms with E-state index in [9.17, 15) is 9.90 Å². The Labute approximate surface area is 107 Å². The van der Waals surface area contributed by atoms with E-state index in [2.05, 4.69) is 27.9 Å². The highest BCUT2D eigenvalue weighted by molar-refractivity contribution is 14.1. The number of aromatic hydroxyl groups is 1. The second-order valence-corrected chi connectivity index (χ2v) is 4.58. The van der Waals surface area contributed by atoms with Gasteiger partial charge in [0.2, 0.25) is 0 Å². The smallest absolute Gasteiger partial charge is 0.255 e. The van der Waals surface area contributed by atoms with Crippen LogP contribution in [0.4, 0.5) is 0 Å². The van der Waals surface area contributed by atoms with Crippen molar-refractivity contribution in [1.82, 2.24) is 5.32 Å². The molecule has 0 unspecified atom stereocenters. The van der Waals surface area contributed by atoms with E-state index >= 15 is 0 Å². The summed E-state index contributed by atoms with van der Waals surface area (Å²) in [5.41, 5.74) is 0.302. The summed E-state index contributed by atoms with van der Waals surface area (Å²) in [7, 11) is 0. The van der Waals surface area contributed by atoms with Crippen LogP contribution in [0.2, 0.25) is 0 Å². The van der Waals surface area contributed by atoms with Crippen molar-refractivity contribution in [3.63, 3.8) is 0 Å². The van der Waals surface area contributed by atoms with E-state index in [0.717, 1.165) is 9.99 Å². The van der Waals surface area contributed by atoms with Crippen LogP contribution in [0, 0.1) is 3.57 Å². The van der Waals surface area contributed by atoms with Gasteiger partial charge < -0.3 is 10.4 Å². The summed E-state index contributed by atoms with van der Waals surface area (Å²) < 4.78 is 0.910. The predicted molar refractivity (Wildman–Crippen MR) is 68.5 cm³/mol. The molecule has 1 aromatic carbocycles. The third-order valence-electron chi connectivity index (χ3n) is 1.80. The topological polar surface area (TPSA) is 49.3 Å². The van der Waals surface area contributed by atoms with Crippen molar-refractivity contribution >= 4 is 40.1 Å². The molecule has 1 amide bonds. The minimum atomic E-state index is -0.267. The Morgan fingerprint density at radius 3 is 2.93 bits per heavy atom. The van der Waals surface area contributed by atoms with E-state index in [0.29, 0.717) is 18.0 Å². The number of nitrogens with one attached hydrogen (secondary N) is 1. The van der Waals surface area contributed by atoms with Crippen LogP contribution in [0.5, 0.6) is 5.75 Å². The third-order valence-corrected chi connectivity index (χ3v) is 2.74. The number of carbonyl (C=O) groups is 1. The Morgan fingerprint density at radius 2 is 2.27 bits per heavy atom. The van der Waals surface area contributed by atoms with Gasteiger partial charge in [0.15, 0.2) is 0 Å². The Balaban J connectivity index is 2.68. The number of hydrogen-bond acceptors (Lipinski definition) is 2. The fraction of sp³-hybridized carbons (Fsp3) is 0.300. The minimum Gasteiger partial charge on any atom is -0.507 e. The molecule has 15 heavy (non-hydrogen) atoms. The summed E-state index contributed by atoms with van der Waals surface area (Å²) in [6.07, 6.45) is 0.720. The lowest BCUT2D eigenvalue weighted by molar-refractivity contribution is 0.0951. The van der Waals surface area contributed by atoms with Crippen LogP contribution in [-0.2, 0) is 0 Å². The molecule has 3 nitrogen and oxygen atoms in total. The average molecular weight is 340 g/mol. The first-order valence-corrected chi connectivity index (χ1v) is 6.09. The lowest BCUT2D eigenvalue weighted by atomic mass is 10.2. The molecule has 0 radical (unpaired) electrons. The molecule has 0 aliphatic heterocycles. The molecule has 0 saturated heterocycles. The van der Waals surface area contributed by atoms with Crippen LogP contribution in [0.3, 0.4) is 0 Å². The zero-order chi connectivity index (χ0) is 11.3. The lowest BCUT2D eigenvalue weighted by Crippen LogP contribution is -2.24. The molecule has 0 spiro atoms. The molecule has 0 saturated carbocycles. The highest BCUT2D eigenvalue weighted by atomic mass is 127. The summed E-state index contributed by atoms with van der Waals surface area (Å²) >= 11 is 7.57. The molecule has 0 aromatic heterocycles. The number of amides is 1. The second kappa shape index (κ2) is 6.17. The van der Waals surface area contributed by atoms with Gasteiger partial charge in [-0.15, -0.1) is 11.6 Å². The van der Waals surface area contributed by atoms with Crippen LogP contribution in [-0.4, -0.2) is 23.4 Å². The second-order valence-electron chi connectivity index (χ2n) is 2.96. The Bertz CT molecular complexity index is 357. The van der Waals surface area contributed by atoms with Gasteiger partial charge in [0.05, 0.1) is 5.56 Å².